The predicted molar refractivity (Wildman–Crippen MR) is 89.4 cm³/mol. The zero-order valence-electron chi connectivity index (χ0n) is 14.2. The van der Waals surface area contributed by atoms with Crippen molar-refractivity contribution in [3.05, 3.63) is 35.4 Å². The molecule has 1 aliphatic heterocycles. The van der Waals surface area contributed by atoms with Crippen LogP contribution in [-0.4, -0.2) is 34.5 Å². The summed E-state index contributed by atoms with van der Waals surface area (Å²) in [6.07, 6.45) is 1.09. The van der Waals surface area contributed by atoms with Gasteiger partial charge in [-0.05, 0) is 34.9 Å². The molecule has 2 aromatic rings. The molecule has 5 nitrogen and oxygen atoms in total. The molecule has 0 N–H and O–H groups in total. The Kier molecular flexibility index (Phi) is 3.53. The lowest BCUT2D eigenvalue weighted by atomic mass is 9.94. The van der Waals surface area contributed by atoms with Gasteiger partial charge < -0.3 is 23.7 Å². The van der Waals surface area contributed by atoms with Crippen molar-refractivity contribution in [2.45, 2.75) is 18.6 Å². The Balaban J connectivity index is 2.01. The third-order valence-electron chi connectivity index (χ3n) is 4.75. The van der Waals surface area contributed by atoms with E-state index in [9.17, 15) is 0 Å². The summed E-state index contributed by atoms with van der Waals surface area (Å²) in [4.78, 5) is 0. The van der Waals surface area contributed by atoms with Crippen LogP contribution in [0.15, 0.2) is 24.3 Å². The zero-order valence-corrected chi connectivity index (χ0v) is 14.2. The lowest BCUT2D eigenvalue weighted by Crippen LogP contribution is -2.02. The molecule has 0 bridgehead atoms. The van der Waals surface area contributed by atoms with Crippen molar-refractivity contribution >= 4 is 0 Å². The Hall–Kier alpha value is -2.40. The Bertz CT molecular complexity index is 799. The lowest BCUT2D eigenvalue weighted by Gasteiger charge is -2.20. The van der Waals surface area contributed by atoms with Crippen LogP contribution in [0.3, 0.4) is 0 Å². The number of methoxy groups -OCH3 is 4. The van der Waals surface area contributed by atoms with Gasteiger partial charge in [-0.15, -0.1) is 0 Å². The van der Waals surface area contributed by atoms with Gasteiger partial charge in [0.15, 0.2) is 11.5 Å². The van der Waals surface area contributed by atoms with Crippen molar-refractivity contribution in [1.29, 1.82) is 0 Å². The fourth-order valence-electron chi connectivity index (χ4n) is 3.58. The van der Waals surface area contributed by atoms with Gasteiger partial charge in [0.2, 0.25) is 5.75 Å². The molecule has 0 unspecified atom stereocenters. The smallest absolute Gasteiger partial charge is 0.203 e. The molecule has 1 saturated heterocycles. The second-order valence-corrected chi connectivity index (χ2v) is 5.93. The molecule has 0 amide bonds. The SMILES string of the molecule is COc1ccc2c(c1)[C@@H]1O[C@@H]1Cc1cc(OC)c(OC)c(OC)c1-2. The highest BCUT2D eigenvalue weighted by molar-refractivity contribution is 5.83. The van der Waals surface area contributed by atoms with Gasteiger partial charge in [0.1, 0.15) is 11.9 Å². The van der Waals surface area contributed by atoms with E-state index in [1.807, 2.05) is 18.2 Å². The summed E-state index contributed by atoms with van der Waals surface area (Å²) in [6, 6.07) is 8.09. The molecule has 2 aliphatic rings. The van der Waals surface area contributed by atoms with Gasteiger partial charge in [0.05, 0.1) is 34.5 Å². The number of ether oxygens (including phenoxy) is 5. The van der Waals surface area contributed by atoms with Gasteiger partial charge in [-0.1, -0.05) is 6.07 Å². The summed E-state index contributed by atoms with van der Waals surface area (Å²) >= 11 is 0. The average molecular weight is 328 g/mol. The molecule has 4 rings (SSSR count). The molecule has 0 aromatic heterocycles. The fraction of sp³-hybridized carbons (Fsp3) is 0.368. The number of hydrogen-bond acceptors (Lipinski definition) is 5. The Morgan fingerprint density at radius 3 is 2.38 bits per heavy atom. The minimum atomic E-state index is 0.101. The van der Waals surface area contributed by atoms with Crippen molar-refractivity contribution in [3.63, 3.8) is 0 Å². The number of benzene rings is 2. The average Bonchev–Trinajstić information content (AvgIpc) is 3.39. The first-order valence-electron chi connectivity index (χ1n) is 7.87. The Morgan fingerprint density at radius 2 is 1.71 bits per heavy atom. The van der Waals surface area contributed by atoms with Crippen LogP contribution in [-0.2, 0) is 11.2 Å². The predicted octanol–water partition coefficient (Wildman–Crippen LogP) is 3.38. The minimum Gasteiger partial charge on any atom is -0.497 e. The highest BCUT2D eigenvalue weighted by Crippen LogP contribution is 2.55. The van der Waals surface area contributed by atoms with Crippen LogP contribution in [0.5, 0.6) is 23.0 Å². The van der Waals surface area contributed by atoms with Gasteiger partial charge in [0.25, 0.3) is 0 Å². The molecule has 1 heterocycles. The maximum absolute atomic E-state index is 5.88. The molecule has 0 spiro atoms. The van der Waals surface area contributed by atoms with E-state index in [0.717, 1.165) is 34.4 Å². The van der Waals surface area contributed by atoms with E-state index in [1.54, 1.807) is 28.4 Å². The van der Waals surface area contributed by atoms with E-state index in [0.29, 0.717) is 17.2 Å². The van der Waals surface area contributed by atoms with Gasteiger partial charge >= 0.3 is 0 Å². The van der Waals surface area contributed by atoms with E-state index in [1.165, 1.54) is 0 Å². The van der Waals surface area contributed by atoms with E-state index in [4.69, 9.17) is 23.7 Å². The van der Waals surface area contributed by atoms with E-state index in [-0.39, 0.29) is 12.2 Å². The second kappa shape index (κ2) is 5.60. The zero-order chi connectivity index (χ0) is 16.8. The van der Waals surface area contributed by atoms with E-state index in [2.05, 4.69) is 6.07 Å². The number of epoxide rings is 1. The van der Waals surface area contributed by atoms with Crippen molar-refractivity contribution in [2.24, 2.45) is 0 Å². The maximum atomic E-state index is 5.88. The van der Waals surface area contributed by atoms with E-state index >= 15 is 0 Å². The summed E-state index contributed by atoms with van der Waals surface area (Å²) in [5.74, 6) is 2.80. The van der Waals surface area contributed by atoms with Crippen LogP contribution in [0.1, 0.15) is 17.2 Å². The molecule has 0 radical (unpaired) electrons. The maximum Gasteiger partial charge on any atom is 0.203 e. The molecule has 24 heavy (non-hydrogen) atoms. The Morgan fingerprint density at radius 1 is 0.917 bits per heavy atom. The van der Waals surface area contributed by atoms with Gasteiger partial charge in [-0.3, -0.25) is 0 Å². The summed E-state index contributed by atoms with van der Waals surface area (Å²) in [5, 5.41) is 0. The number of hydrogen-bond donors (Lipinski definition) is 0. The van der Waals surface area contributed by atoms with Crippen molar-refractivity contribution in [1.82, 2.24) is 0 Å². The summed E-state index contributed by atoms with van der Waals surface area (Å²) < 4.78 is 28.0. The largest absolute Gasteiger partial charge is 0.497 e. The number of rotatable bonds is 4. The first-order valence-corrected chi connectivity index (χ1v) is 7.87. The molecular weight excluding hydrogens is 308 g/mol. The van der Waals surface area contributed by atoms with Crippen molar-refractivity contribution in [3.8, 4) is 34.1 Å². The van der Waals surface area contributed by atoms with Crippen LogP contribution in [0.4, 0.5) is 0 Å². The molecule has 2 atom stereocenters. The quantitative estimate of drug-likeness (QED) is 0.805. The highest BCUT2D eigenvalue weighted by Gasteiger charge is 2.45. The monoisotopic (exact) mass is 328 g/mol. The normalized spacial score (nSPS) is 20.2. The van der Waals surface area contributed by atoms with E-state index < -0.39 is 0 Å². The molecular formula is C19H20O5. The first-order chi connectivity index (χ1) is 11.7. The second-order valence-electron chi connectivity index (χ2n) is 5.93. The Labute approximate surface area is 141 Å². The topological polar surface area (TPSA) is 49.5 Å². The fourth-order valence-corrected chi connectivity index (χ4v) is 3.58. The minimum absolute atomic E-state index is 0.101. The molecule has 0 saturated carbocycles. The first kappa shape index (κ1) is 15.1. The van der Waals surface area contributed by atoms with Gasteiger partial charge in [-0.25, -0.2) is 0 Å². The van der Waals surface area contributed by atoms with Gasteiger partial charge in [-0.2, -0.15) is 0 Å². The van der Waals surface area contributed by atoms with Crippen LogP contribution in [0, 0.1) is 0 Å². The molecule has 1 fully saturated rings. The van der Waals surface area contributed by atoms with Crippen LogP contribution in [0.2, 0.25) is 0 Å². The lowest BCUT2D eigenvalue weighted by molar-refractivity contribution is 0.324. The number of fused-ring (bicyclic) bond motifs is 5. The molecule has 2 aromatic carbocycles. The highest BCUT2D eigenvalue weighted by atomic mass is 16.6. The van der Waals surface area contributed by atoms with Crippen LogP contribution in [0.25, 0.3) is 11.1 Å². The standard InChI is InChI=1S/C19H20O5/c1-20-11-5-6-12-13(9-11)17-15(24-17)8-10-7-14(21-2)18(22-3)19(23-4)16(10)12/h5-7,9,15,17H,8H2,1-4H3/t15-,17+/m1/s1. The summed E-state index contributed by atoms with van der Waals surface area (Å²) in [7, 11) is 6.59. The third kappa shape index (κ3) is 2.12. The third-order valence-corrected chi connectivity index (χ3v) is 4.75. The molecule has 5 heteroatoms. The summed E-state index contributed by atoms with van der Waals surface area (Å²) in [6.45, 7) is 0. The molecule has 1 aliphatic carbocycles. The van der Waals surface area contributed by atoms with Crippen molar-refractivity contribution < 1.29 is 23.7 Å². The summed E-state index contributed by atoms with van der Waals surface area (Å²) in [5.41, 5.74) is 4.40. The van der Waals surface area contributed by atoms with Crippen LogP contribution >= 0.6 is 0 Å². The van der Waals surface area contributed by atoms with Crippen molar-refractivity contribution in [2.75, 3.05) is 28.4 Å². The van der Waals surface area contributed by atoms with Crippen LogP contribution < -0.4 is 18.9 Å². The van der Waals surface area contributed by atoms with Gasteiger partial charge in [0, 0.05) is 12.0 Å². The molecule has 126 valence electrons.